The van der Waals surface area contributed by atoms with E-state index in [1.165, 1.54) is 34.8 Å². The number of aryl methyl sites for hydroxylation is 2. The van der Waals surface area contributed by atoms with Gasteiger partial charge in [-0.2, -0.15) is 0 Å². The second-order valence-corrected chi connectivity index (χ2v) is 8.86. The van der Waals surface area contributed by atoms with Crippen molar-refractivity contribution in [1.29, 1.82) is 0 Å². The summed E-state index contributed by atoms with van der Waals surface area (Å²) in [7, 11) is 3.50. The summed E-state index contributed by atoms with van der Waals surface area (Å²) in [5, 5.41) is 7.93. The number of nitrogens with one attached hydrogen (secondary N) is 2. The molecule has 0 atom stereocenters. The summed E-state index contributed by atoms with van der Waals surface area (Å²) in [5.74, 6) is 0.682. The maximum absolute atomic E-state index is 11.9. The van der Waals surface area contributed by atoms with Crippen molar-refractivity contribution in [2.45, 2.75) is 32.1 Å². The molecule has 9 heteroatoms. The molecule has 1 saturated heterocycles. The number of likely N-dealkylation sites (N-methyl/N-ethyl adjacent to an activating group) is 1. The van der Waals surface area contributed by atoms with Crippen LogP contribution in [0, 0.1) is 0 Å². The van der Waals surface area contributed by atoms with Gasteiger partial charge in [-0.15, -0.1) is 11.3 Å². The van der Waals surface area contributed by atoms with E-state index in [9.17, 15) is 4.79 Å². The molecule has 8 nitrogen and oxygen atoms in total. The number of fused-ring (bicyclic) bond motifs is 1. The Bertz CT molecular complexity index is 661. The van der Waals surface area contributed by atoms with E-state index in [1.54, 1.807) is 19.0 Å². The van der Waals surface area contributed by atoms with Crippen LogP contribution in [0.1, 0.15) is 28.4 Å². The Hall–Kier alpha value is -1.71. The highest BCUT2D eigenvalue weighted by atomic mass is 32.1. The molecular weight excluding hydrogens is 388 g/mol. The first kappa shape index (κ1) is 22.0. The molecule has 1 aliphatic carbocycles. The highest BCUT2D eigenvalue weighted by molar-refractivity contribution is 7.11. The van der Waals surface area contributed by atoms with Crippen LogP contribution >= 0.6 is 11.3 Å². The molecule has 2 heterocycles. The predicted molar refractivity (Wildman–Crippen MR) is 117 cm³/mol. The molecule has 2 aliphatic rings. The van der Waals surface area contributed by atoms with Gasteiger partial charge in [-0.3, -0.25) is 9.69 Å². The summed E-state index contributed by atoms with van der Waals surface area (Å²) in [5.41, 5.74) is 1.31. The number of rotatable bonds is 8. The Morgan fingerprint density at radius 1 is 1.21 bits per heavy atom. The van der Waals surface area contributed by atoms with Crippen LogP contribution in [0.4, 0.5) is 0 Å². The predicted octanol–water partition coefficient (Wildman–Crippen LogP) is 0.520. The van der Waals surface area contributed by atoms with Crippen molar-refractivity contribution >= 4 is 23.2 Å². The van der Waals surface area contributed by atoms with Crippen LogP contribution < -0.4 is 10.6 Å². The second-order valence-electron chi connectivity index (χ2n) is 7.70. The number of guanidine groups is 1. The number of thiazole rings is 1. The topological polar surface area (TPSA) is 82.1 Å². The first-order chi connectivity index (χ1) is 14.1. The summed E-state index contributed by atoms with van der Waals surface area (Å²) >= 11 is 1.86. The van der Waals surface area contributed by atoms with Crippen molar-refractivity contribution in [3.05, 3.63) is 15.6 Å². The molecule has 3 rings (SSSR count). The van der Waals surface area contributed by atoms with Gasteiger partial charge in [0.15, 0.2) is 5.96 Å². The van der Waals surface area contributed by atoms with Crippen LogP contribution in [0.2, 0.25) is 0 Å². The summed E-state index contributed by atoms with van der Waals surface area (Å²) in [6, 6.07) is 0. The van der Waals surface area contributed by atoms with E-state index in [2.05, 4.69) is 20.5 Å². The normalized spacial score (nSPS) is 17.7. The number of aromatic nitrogens is 1. The molecule has 0 aromatic carbocycles. The number of hydrogen-bond donors (Lipinski definition) is 2. The third kappa shape index (κ3) is 7.24. The van der Waals surface area contributed by atoms with Crippen LogP contribution in [-0.2, 0) is 28.8 Å². The molecule has 0 unspecified atom stereocenters. The van der Waals surface area contributed by atoms with Gasteiger partial charge in [0.25, 0.3) is 0 Å². The van der Waals surface area contributed by atoms with Crippen molar-refractivity contribution in [2.24, 2.45) is 4.99 Å². The van der Waals surface area contributed by atoms with Gasteiger partial charge < -0.3 is 20.3 Å². The first-order valence-corrected chi connectivity index (χ1v) is 11.4. The summed E-state index contributed by atoms with van der Waals surface area (Å²) in [6.07, 6.45) is 5.74. The average molecular weight is 423 g/mol. The van der Waals surface area contributed by atoms with E-state index in [0.29, 0.717) is 5.96 Å². The fraction of sp³-hybridized carbons (Fsp3) is 0.750. The van der Waals surface area contributed by atoms with E-state index >= 15 is 0 Å². The highest BCUT2D eigenvalue weighted by Crippen LogP contribution is 2.26. The number of ether oxygens (including phenoxy) is 1. The smallest absolute Gasteiger partial charge is 0.243 e. The Labute approximate surface area is 177 Å². The average Bonchev–Trinajstić information content (AvgIpc) is 3.14. The minimum absolute atomic E-state index is 0.00752. The Morgan fingerprint density at radius 2 is 1.97 bits per heavy atom. The number of aliphatic imine (C=N–C) groups is 1. The van der Waals surface area contributed by atoms with Crippen molar-refractivity contribution in [2.75, 3.05) is 66.6 Å². The van der Waals surface area contributed by atoms with E-state index in [4.69, 9.17) is 9.72 Å². The minimum Gasteiger partial charge on any atom is -0.379 e. The lowest BCUT2D eigenvalue weighted by molar-refractivity contribution is -0.127. The van der Waals surface area contributed by atoms with Gasteiger partial charge in [0.05, 0.1) is 23.9 Å². The molecule has 1 aromatic heterocycles. The quantitative estimate of drug-likeness (QED) is 0.470. The molecule has 29 heavy (non-hydrogen) atoms. The maximum atomic E-state index is 11.9. The number of amides is 1. The number of carbonyl (C=O) groups excluding carboxylic acids is 1. The lowest BCUT2D eigenvalue weighted by Gasteiger charge is -2.26. The molecule has 1 aromatic rings. The lowest BCUT2D eigenvalue weighted by Crippen LogP contribution is -2.45. The number of nitrogens with zero attached hydrogens (tertiary/aromatic N) is 4. The molecule has 0 spiro atoms. The standard InChI is InChI=1S/C20H34N6O2S/c1-25(2)19(27)15-23-20(22-9-10-26-11-13-28-14-12-26)21-8-7-18-24-16-5-3-4-6-17(16)29-18/h3-15H2,1-2H3,(H2,21,22,23). The second kappa shape index (κ2) is 11.5. The Morgan fingerprint density at radius 3 is 2.72 bits per heavy atom. The maximum Gasteiger partial charge on any atom is 0.243 e. The zero-order chi connectivity index (χ0) is 20.5. The first-order valence-electron chi connectivity index (χ1n) is 10.6. The minimum atomic E-state index is -0.00752. The zero-order valence-electron chi connectivity index (χ0n) is 17.7. The van der Waals surface area contributed by atoms with E-state index in [1.807, 2.05) is 11.3 Å². The molecule has 2 N–H and O–H groups in total. The fourth-order valence-electron chi connectivity index (χ4n) is 3.42. The number of morpholine rings is 1. The van der Waals surface area contributed by atoms with Gasteiger partial charge in [-0.1, -0.05) is 0 Å². The molecule has 1 amide bonds. The lowest BCUT2D eigenvalue weighted by atomic mass is 10.0. The summed E-state index contributed by atoms with van der Waals surface area (Å²) < 4.78 is 5.39. The van der Waals surface area contributed by atoms with E-state index in [0.717, 1.165) is 58.8 Å². The Kier molecular flexibility index (Phi) is 8.69. The monoisotopic (exact) mass is 422 g/mol. The molecule has 0 saturated carbocycles. The van der Waals surface area contributed by atoms with Crippen molar-refractivity contribution in [1.82, 2.24) is 25.4 Å². The number of hydrogen-bond acceptors (Lipinski definition) is 6. The molecule has 0 radical (unpaired) electrons. The van der Waals surface area contributed by atoms with Gasteiger partial charge in [0.1, 0.15) is 6.54 Å². The van der Waals surface area contributed by atoms with Crippen molar-refractivity contribution in [3.8, 4) is 0 Å². The van der Waals surface area contributed by atoms with E-state index < -0.39 is 0 Å². The van der Waals surface area contributed by atoms with Crippen LogP contribution in [0.5, 0.6) is 0 Å². The Balaban J connectivity index is 1.47. The molecule has 1 fully saturated rings. The molecular formula is C20H34N6O2S. The van der Waals surface area contributed by atoms with Gasteiger partial charge in [0.2, 0.25) is 5.91 Å². The largest absolute Gasteiger partial charge is 0.379 e. The summed E-state index contributed by atoms with van der Waals surface area (Å²) in [6.45, 7) is 6.16. The SMILES string of the molecule is CN(C)C(=O)CN=C(NCCc1nc2c(s1)CCCC2)NCCN1CCOCC1. The van der Waals surface area contributed by atoms with Gasteiger partial charge >= 0.3 is 0 Å². The third-order valence-electron chi connectivity index (χ3n) is 5.22. The van der Waals surface area contributed by atoms with Crippen molar-refractivity contribution in [3.63, 3.8) is 0 Å². The van der Waals surface area contributed by atoms with Gasteiger partial charge in [-0.25, -0.2) is 9.98 Å². The van der Waals surface area contributed by atoms with Gasteiger partial charge in [0, 0.05) is 58.1 Å². The third-order valence-corrected chi connectivity index (χ3v) is 6.43. The number of carbonyl (C=O) groups is 1. The van der Waals surface area contributed by atoms with Crippen LogP contribution in [0.25, 0.3) is 0 Å². The van der Waals surface area contributed by atoms with Crippen molar-refractivity contribution < 1.29 is 9.53 Å². The summed E-state index contributed by atoms with van der Waals surface area (Å²) in [4.78, 5) is 26.6. The van der Waals surface area contributed by atoms with Crippen LogP contribution in [0.15, 0.2) is 4.99 Å². The zero-order valence-corrected chi connectivity index (χ0v) is 18.5. The van der Waals surface area contributed by atoms with Crippen LogP contribution in [0.3, 0.4) is 0 Å². The molecule has 1 aliphatic heterocycles. The molecule has 0 bridgehead atoms. The van der Waals surface area contributed by atoms with E-state index in [-0.39, 0.29) is 12.5 Å². The highest BCUT2D eigenvalue weighted by Gasteiger charge is 2.15. The fourth-order valence-corrected chi connectivity index (χ4v) is 4.58. The molecule has 162 valence electrons. The van der Waals surface area contributed by atoms with Crippen LogP contribution in [-0.4, -0.2) is 93.2 Å². The van der Waals surface area contributed by atoms with Gasteiger partial charge in [-0.05, 0) is 25.7 Å².